The minimum Gasteiger partial charge on any atom is -0.480 e. The monoisotopic (exact) mass is 342 g/mol. The van der Waals surface area contributed by atoms with Crippen LogP contribution < -0.4 is 10.0 Å². The number of anilines is 1. The summed E-state index contributed by atoms with van der Waals surface area (Å²) in [6.45, 7) is 5.46. The Hall–Kier alpha value is -2.09. The van der Waals surface area contributed by atoms with Gasteiger partial charge in [0, 0.05) is 0 Å². The molecule has 1 rings (SSSR count). The van der Waals surface area contributed by atoms with Gasteiger partial charge in [0.15, 0.2) is 0 Å². The highest BCUT2D eigenvalue weighted by atomic mass is 32.2. The standard InChI is InChI=1S/C15H22N2O5S/c1-9(2)7-13(15(19)20)16-14(18)11-8-10(3)5-6-12(11)17-23(4,21)22/h5-6,8-9,13,17H,7H2,1-4H3,(H,16,18)(H,19,20)/t13-/m1/s1. The van der Waals surface area contributed by atoms with Crippen molar-refractivity contribution < 1.29 is 23.1 Å². The van der Waals surface area contributed by atoms with Crippen LogP contribution in [0.25, 0.3) is 0 Å². The van der Waals surface area contributed by atoms with Crippen molar-refractivity contribution >= 4 is 27.6 Å². The fourth-order valence-corrected chi connectivity index (χ4v) is 2.64. The molecule has 0 saturated carbocycles. The molecule has 0 bridgehead atoms. The van der Waals surface area contributed by atoms with Crippen LogP contribution in [-0.4, -0.2) is 37.7 Å². The molecule has 0 aliphatic carbocycles. The number of sulfonamides is 1. The molecule has 128 valence electrons. The molecule has 1 atom stereocenters. The number of amides is 1. The van der Waals surface area contributed by atoms with Crippen molar-refractivity contribution in [1.82, 2.24) is 5.32 Å². The van der Waals surface area contributed by atoms with E-state index in [0.29, 0.717) is 0 Å². The van der Waals surface area contributed by atoms with Crippen LogP contribution in [0.2, 0.25) is 0 Å². The van der Waals surface area contributed by atoms with Crippen LogP contribution in [0.3, 0.4) is 0 Å². The molecule has 3 N–H and O–H groups in total. The minimum absolute atomic E-state index is 0.0857. The molecule has 0 aliphatic rings. The molecule has 0 heterocycles. The second-order valence-corrected chi connectivity index (χ2v) is 7.67. The predicted molar refractivity (Wildman–Crippen MR) is 88.0 cm³/mol. The Morgan fingerprint density at radius 3 is 2.35 bits per heavy atom. The first-order chi connectivity index (χ1) is 10.5. The smallest absolute Gasteiger partial charge is 0.326 e. The van der Waals surface area contributed by atoms with Crippen LogP contribution in [-0.2, 0) is 14.8 Å². The van der Waals surface area contributed by atoms with Crippen molar-refractivity contribution in [2.75, 3.05) is 11.0 Å². The van der Waals surface area contributed by atoms with Gasteiger partial charge in [-0.1, -0.05) is 25.5 Å². The number of aryl methyl sites for hydroxylation is 1. The molecule has 0 aliphatic heterocycles. The minimum atomic E-state index is -3.56. The van der Waals surface area contributed by atoms with Gasteiger partial charge in [-0.2, -0.15) is 0 Å². The highest BCUT2D eigenvalue weighted by Gasteiger charge is 2.23. The number of carbonyl (C=O) groups is 2. The van der Waals surface area contributed by atoms with E-state index in [9.17, 15) is 23.1 Å². The van der Waals surface area contributed by atoms with E-state index in [-0.39, 0.29) is 23.6 Å². The maximum atomic E-state index is 12.4. The first-order valence-corrected chi connectivity index (χ1v) is 9.01. The van der Waals surface area contributed by atoms with Gasteiger partial charge in [0.25, 0.3) is 5.91 Å². The molecular weight excluding hydrogens is 320 g/mol. The summed E-state index contributed by atoms with van der Waals surface area (Å²) in [6.07, 6.45) is 1.26. The number of carboxylic acid groups (broad SMARTS) is 1. The summed E-state index contributed by atoms with van der Waals surface area (Å²) in [5.74, 6) is -1.67. The Morgan fingerprint density at radius 2 is 1.87 bits per heavy atom. The molecule has 0 aromatic heterocycles. The van der Waals surface area contributed by atoms with Crippen molar-refractivity contribution in [3.05, 3.63) is 29.3 Å². The Kier molecular flexibility index (Phi) is 6.14. The molecule has 0 radical (unpaired) electrons. The molecule has 8 heteroatoms. The number of carbonyl (C=O) groups excluding carboxylic acids is 1. The van der Waals surface area contributed by atoms with E-state index in [2.05, 4.69) is 10.0 Å². The van der Waals surface area contributed by atoms with E-state index >= 15 is 0 Å². The van der Waals surface area contributed by atoms with Crippen LogP contribution in [0.5, 0.6) is 0 Å². The van der Waals surface area contributed by atoms with Crippen LogP contribution >= 0.6 is 0 Å². The van der Waals surface area contributed by atoms with E-state index in [4.69, 9.17) is 0 Å². The third-order valence-corrected chi connectivity index (χ3v) is 3.62. The van der Waals surface area contributed by atoms with Crippen molar-refractivity contribution in [3.63, 3.8) is 0 Å². The SMILES string of the molecule is Cc1ccc(NS(C)(=O)=O)c(C(=O)N[C@H](CC(C)C)C(=O)O)c1. The lowest BCUT2D eigenvalue weighted by Crippen LogP contribution is -2.41. The molecule has 0 fully saturated rings. The number of hydrogen-bond donors (Lipinski definition) is 3. The third kappa shape index (κ3) is 6.27. The number of benzene rings is 1. The normalized spacial score (nSPS) is 12.7. The molecule has 1 aromatic carbocycles. The van der Waals surface area contributed by atoms with Gasteiger partial charge in [-0.3, -0.25) is 9.52 Å². The summed E-state index contributed by atoms with van der Waals surface area (Å²) < 4.78 is 25.1. The molecule has 0 saturated heterocycles. The van der Waals surface area contributed by atoms with Gasteiger partial charge in [0.1, 0.15) is 6.04 Å². The van der Waals surface area contributed by atoms with E-state index in [1.807, 2.05) is 13.8 Å². The number of aliphatic carboxylic acids is 1. The molecule has 1 aromatic rings. The highest BCUT2D eigenvalue weighted by molar-refractivity contribution is 7.92. The van der Waals surface area contributed by atoms with Gasteiger partial charge in [-0.15, -0.1) is 0 Å². The lowest BCUT2D eigenvalue weighted by atomic mass is 10.0. The van der Waals surface area contributed by atoms with Crippen LogP contribution in [0.1, 0.15) is 36.2 Å². The first-order valence-electron chi connectivity index (χ1n) is 7.11. The largest absolute Gasteiger partial charge is 0.480 e. The van der Waals surface area contributed by atoms with Gasteiger partial charge < -0.3 is 10.4 Å². The zero-order chi connectivity index (χ0) is 17.8. The highest BCUT2D eigenvalue weighted by Crippen LogP contribution is 2.19. The zero-order valence-corrected chi connectivity index (χ0v) is 14.4. The second-order valence-electron chi connectivity index (χ2n) is 5.92. The van der Waals surface area contributed by atoms with Gasteiger partial charge in [0.2, 0.25) is 10.0 Å². The van der Waals surface area contributed by atoms with E-state index in [0.717, 1.165) is 11.8 Å². The fraction of sp³-hybridized carbons (Fsp3) is 0.467. The number of carboxylic acids is 1. The van der Waals surface area contributed by atoms with Gasteiger partial charge in [-0.25, -0.2) is 13.2 Å². The third-order valence-electron chi connectivity index (χ3n) is 3.03. The van der Waals surface area contributed by atoms with Crippen LogP contribution in [0.15, 0.2) is 18.2 Å². The van der Waals surface area contributed by atoms with Gasteiger partial charge in [0.05, 0.1) is 17.5 Å². The summed E-state index contributed by atoms with van der Waals surface area (Å²) >= 11 is 0. The predicted octanol–water partition coefficient (Wildman–Crippen LogP) is 1.60. The zero-order valence-electron chi connectivity index (χ0n) is 13.6. The molecule has 1 amide bonds. The summed E-state index contributed by atoms with van der Waals surface area (Å²) in [5, 5.41) is 11.6. The fourth-order valence-electron chi connectivity index (χ4n) is 2.06. The maximum Gasteiger partial charge on any atom is 0.326 e. The Bertz CT molecular complexity index is 698. The van der Waals surface area contributed by atoms with E-state index < -0.39 is 27.9 Å². The summed E-state index contributed by atoms with van der Waals surface area (Å²) in [5.41, 5.74) is 0.958. The summed E-state index contributed by atoms with van der Waals surface area (Å²) in [4.78, 5) is 23.6. The quantitative estimate of drug-likeness (QED) is 0.696. The summed E-state index contributed by atoms with van der Waals surface area (Å²) in [6, 6.07) is 3.61. The average Bonchev–Trinajstić information content (AvgIpc) is 2.37. The molecule has 0 unspecified atom stereocenters. The molecule has 23 heavy (non-hydrogen) atoms. The van der Waals surface area contributed by atoms with Crippen molar-refractivity contribution in [2.45, 2.75) is 33.2 Å². The molecular formula is C15H22N2O5S. The number of rotatable bonds is 7. The van der Waals surface area contributed by atoms with Gasteiger partial charge >= 0.3 is 5.97 Å². The Morgan fingerprint density at radius 1 is 1.26 bits per heavy atom. The summed E-state index contributed by atoms with van der Waals surface area (Å²) in [7, 11) is -3.56. The number of hydrogen-bond acceptors (Lipinski definition) is 4. The lowest BCUT2D eigenvalue weighted by Gasteiger charge is -2.18. The van der Waals surface area contributed by atoms with Crippen molar-refractivity contribution in [3.8, 4) is 0 Å². The second kappa shape index (κ2) is 7.45. The molecule has 0 spiro atoms. The van der Waals surface area contributed by atoms with Crippen LogP contribution in [0, 0.1) is 12.8 Å². The number of nitrogens with one attached hydrogen (secondary N) is 2. The van der Waals surface area contributed by atoms with Crippen molar-refractivity contribution in [1.29, 1.82) is 0 Å². The topological polar surface area (TPSA) is 113 Å². The first kappa shape index (κ1) is 19.0. The van der Waals surface area contributed by atoms with Crippen molar-refractivity contribution in [2.24, 2.45) is 5.92 Å². The maximum absolute atomic E-state index is 12.4. The lowest BCUT2D eigenvalue weighted by molar-refractivity contribution is -0.139. The van der Waals surface area contributed by atoms with E-state index in [1.54, 1.807) is 13.0 Å². The van der Waals surface area contributed by atoms with E-state index in [1.165, 1.54) is 12.1 Å². The Balaban J connectivity index is 3.10. The average molecular weight is 342 g/mol. The Labute approximate surface area is 136 Å². The van der Waals surface area contributed by atoms with Gasteiger partial charge in [-0.05, 0) is 31.4 Å². The van der Waals surface area contributed by atoms with Crippen LogP contribution in [0.4, 0.5) is 5.69 Å². The molecule has 7 nitrogen and oxygen atoms in total.